The number of nitrogens with one attached hydrogen (secondary N) is 1. The average molecular weight is 267 g/mol. The number of hydrogen-bond donors (Lipinski definition) is 1. The summed E-state index contributed by atoms with van der Waals surface area (Å²) in [5.74, 6) is 2.41. The maximum absolute atomic E-state index is 5.47. The van der Waals surface area contributed by atoms with Crippen LogP contribution in [0.25, 0.3) is 0 Å². The number of nitrogens with zero attached hydrogens (tertiary/aromatic N) is 2. The van der Waals surface area contributed by atoms with Gasteiger partial charge in [-0.15, -0.1) is 0 Å². The summed E-state index contributed by atoms with van der Waals surface area (Å²) in [6.07, 6.45) is 2.98. The van der Waals surface area contributed by atoms with E-state index in [1.165, 1.54) is 0 Å². The summed E-state index contributed by atoms with van der Waals surface area (Å²) in [4.78, 5) is 4.54. The van der Waals surface area contributed by atoms with E-state index >= 15 is 0 Å². The highest BCUT2D eigenvalue weighted by Gasteiger charge is 2.23. The topological polar surface area (TPSA) is 60.2 Å². The van der Waals surface area contributed by atoms with Crippen LogP contribution in [0.15, 0.2) is 4.52 Å². The van der Waals surface area contributed by atoms with Crippen LogP contribution in [-0.4, -0.2) is 35.9 Å². The van der Waals surface area contributed by atoms with E-state index in [4.69, 9.17) is 9.26 Å². The molecule has 1 aromatic rings. The first kappa shape index (κ1) is 14.5. The van der Waals surface area contributed by atoms with Crippen LogP contribution >= 0.6 is 0 Å². The lowest BCUT2D eigenvalue weighted by molar-refractivity contribution is 0.0773. The Hall–Kier alpha value is -0.940. The molecule has 2 heterocycles. The predicted octanol–water partition coefficient (Wildman–Crippen LogP) is 2.14. The first-order chi connectivity index (χ1) is 9.20. The lowest BCUT2D eigenvalue weighted by Gasteiger charge is -2.20. The number of ether oxygens (including phenoxy) is 1. The van der Waals surface area contributed by atoms with Gasteiger partial charge in [-0.2, -0.15) is 4.98 Å². The Bertz CT molecular complexity index is 373. The number of aromatic nitrogens is 2. The minimum absolute atomic E-state index is 0.308. The molecular weight excluding hydrogens is 242 g/mol. The van der Waals surface area contributed by atoms with Gasteiger partial charge in [-0.05, 0) is 25.3 Å². The van der Waals surface area contributed by atoms with E-state index in [2.05, 4.69) is 36.2 Å². The van der Waals surface area contributed by atoms with E-state index in [9.17, 15) is 0 Å². The van der Waals surface area contributed by atoms with E-state index in [0.717, 1.165) is 50.7 Å². The fourth-order valence-corrected chi connectivity index (χ4v) is 2.46. The Labute approximate surface area is 115 Å². The van der Waals surface area contributed by atoms with Crippen molar-refractivity contribution in [2.75, 3.05) is 19.8 Å². The summed E-state index contributed by atoms with van der Waals surface area (Å²) in [5.41, 5.74) is 0. The summed E-state index contributed by atoms with van der Waals surface area (Å²) in [6.45, 7) is 9.07. The Morgan fingerprint density at radius 1 is 1.42 bits per heavy atom. The van der Waals surface area contributed by atoms with Crippen LogP contribution in [0.4, 0.5) is 0 Å². The zero-order chi connectivity index (χ0) is 13.7. The van der Waals surface area contributed by atoms with Crippen molar-refractivity contribution < 1.29 is 9.26 Å². The fraction of sp³-hybridized carbons (Fsp3) is 0.857. The van der Waals surface area contributed by atoms with Crippen LogP contribution in [0.3, 0.4) is 0 Å². The minimum atomic E-state index is 0.308. The van der Waals surface area contributed by atoms with Crippen molar-refractivity contribution in [1.29, 1.82) is 0 Å². The summed E-state index contributed by atoms with van der Waals surface area (Å²) in [7, 11) is 0. The second-order valence-electron chi connectivity index (χ2n) is 5.57. The van der Waals surface area contributed by atoms with Gasteiger partial charge in [0.25, 0.3) is 0 Å². The minimum Gasteiger partial charge on any atom is -0.381 e. The largest absolute Gasteiger partial charge is 0.381 e. The molecule has 0 amide bonds. The van der Waals surface area contributed by atoms with Crippen LogP contribution in [0.1, 0.15) is 51.2 Å². The van der Waals surface area contributed by atoms with Crippen molar-refractivity contribution in [3.63, 3.8) is 0 Å². The second kappa shape index (κ2) is 7.01. The standard InChI is InChI=1S/C14H25N3O2/c1-4-15-12(10(2)3)8-13-16-14(17-19-13)11-6-5-7-18-9-11/h10-12,15H,4-9H2,1-3H3. The van der Waals surface area contributed by atoms with E-state index in [1.54, 1.807) is 0 Å². The van der Waals surface area contributed by atoms with Crippen LogP contribution < -0.4 is 5.32 Å². The Morgan fingerprint density at radius 2 is 2.26 bits per heavy atom. The van der Waals surface area contributed by atoms with Gasteiger partial charge in [-0.3, -0.25) is 0 Å². The van der Waals surface area contributed by atoms with Crippen LogP contribution in [0, 0.1) is 5.92 Å². The smallest absolute Gasteiger partial charge is 0.228 e. The molecule has 2 unspecified atom stereocenters. The van der Waals surface area contributed by atoms with E-state index in [0.29, 0.717) is 17.9 Å². The normalized spacial score (nSPS) is 21.8. The lowest BCUT2D eigenvalue weighted by atomic mass is 10.0. The first-order valence-electron chi connectivity index (χ1n) is 7.34. The molecule has 0 saturated carbocycles. The van der Waals surface area contributed by atoms with Gasteiger partial charge in [0.15, 0.2) is 5.82 Å². The SMILES string of the molecule is CCNC(Cc1nc(C2CCCOC2)no1)C(C)C. The molecule has 1 aliphatic heterocycles. The maximum Gasteiger partial charge on any atom is 0.228 e. The molecule has 5 heteroatoms. The highest BCUT2D eigenvalue weighted by molar-refractivity contribution is 4.98. The second-order valence-corrected chi connectivity index (χ2v) is 5.57. The van der Waals surface area contributed by atoms with Crippen molar-refractivity contribution in [1.82, 2.24) is 15.5 Å². The Kier molecular flexibility index (Phi) is 5.34. The van der Waals surface area contributed by atoms with Crippen LogP contribution in [-0.2, 0) is 11.2 Å². The Morgan fingerprint density at radius 3 is 2.89 bits per heavy atom. The van der Waals surface area contributed by atoms with Crippen LogP contribution in [0.5, 0.6) is 0 Å². The molecule has 0 aliphatic carbocycles. The summed E-state index contributed by atoms with van der Waals surface area (Å²) in [6, 6.07) is 0.390. The average Bonchev–Trinajstić information content (AvgIpc) is 2.88. The van der Waals surface area contributed by atoms with Gasteiger partial charge >= 0.3 is 0 Å². The molecule has 1 saturated heterocycles. The van der Waals surface area contributed by atoms with Gasteiger partial charge in [0.05, 0.1) is 6.61 Å². The van der Waals surface area contributed by atoms with Crippen molar-refractivity contribution in [2.24, 2.45) is 5.92 Å². The van der Waals surface area contributed by atoms with Gasteiger partial charge in [0.1, 0.15) is 0 Å². The molecule has 2 rings (SSSR count). The monoisotopic (exact) mass is 267 g/mol. The molecule has 108 valence electrons. The van der Waals surface area contributed by atoms with Gasteiger partial charge in [0, 0.05) is 25.0 Å². The fourth-order valence-electron chi connectivity index (χ4n) is 2.46. The summed E-state index contributed by atoms with van der Waals surface area (Å²) in [5, 5.41) is 7.59. The molecule has 1 aliphatic rings. The zero-order valence-electron chi connectivity index (χ0n) is 12.2. The molecule has 1 aromatic heterocycles. The number of rotatable bonds is 6. The van der Waals surface area contributed by atoms with E-state index in [1.807, 2.05) is 0 Å². The third-order valence-corrected chi connectivity index (χ3v) is 3.67. The van der Waals surface area contributed by atoms with Crippen molar-refractivity contribution in [3.8, 4) is 0 Å². The van der Waals surface area contributed by atoms with Crippen LogP contribution in [0.2, 0.25) is 0 Å². The molecular formula is C14H25N3O2. The number of hydrogen-bond acceptors (Lipinski definition) is 5. The lowest BCUT2D eigenvalue weighted by Crippen LogP contribution is -2.35. The van der Waals surface area contributed by atoms with Gasteiger partial charge < -0.3 is 14.6 Å². The molecule has 1 fully saturated rings. The third-order valence-electron chi connectivity index (χ3n) is 3.67. The summed E-state index contributed by atoms with van der Waals surface area (Å²) < 4.78 is 10.9. The van der Waals surface area contributed by atoms with Crippen molar-refractivity contribution in [3.05, 3.63) is 11.7 Å². The number of likely N-dealkylation sites (N-methyl/N-ethyl adjacent to an activating group) is 1. The molecule has 0 spiro atoms. The third kappa shape index (κ3) is 4.01. The van der Waals surface area contributed by atoms with Gasteiger partial charge in [-0.1, -0.05) is 25.9 Å². The van der Waals surface area contributed by atoms with Crippen molar-refractivity contribution in [2.45, 2.75) is 52.0 Å². The molecule has 2 atom stereocenters. The molecule has 0 radical (unpaired) electrons. The highest BCUT2D eigenvalue weighted by atomic mass is 16.5. The van der Waals surface area contributed by atoms with E-state index in [-0.39, 0.29) is 0 Å². The predicted molar refractivity (Wildman–Crippen MR) is 73.1 cm³/mol. The Balaban J connectivity index is 1.95. The van der Waals surface area contributed by atoms with Gasteiger partial charge in [-0.25, -0.2) is 0 Å². The quantitative estimate of drug-likeness (QED) is 0.855. The first-order valence-corrected chi connectivity index (χ1v) is 7.34. The molecule has 0 aromatic carbocycles. The van der Waals surface area contributed by atoms with Gasteiger partial charge in [0.2, 0.25) is 5.89 Å². The molecule has 0 bridgehead atoms. The van der Waals surface area contributed by atoms with Crippen molar-refractivity contribution >= 4 is 0 Å². The van der Waals surface area contributed by atoms with E-state index < -0.39 is 0 Å². The summed E-state index contributed by atoms with van der Waals surface area (Å²) >= 11 is 0. The highest BCUT2D eigenvalue weighted by Crippen LogP contribution is 2.23. The molecule has 19 heavy (non-hydrogen) atoms. The molecule has 1 N–H and O–H groups in total. The maximum atomic E-state index is 5.47. The zero-order valence-corrected chi connectivity index (χ0v) is 12.2. The molecule has 5 nitrogen and oxygen atoms in total.